The van der Waals surface area contributed by atoms with Crippen molar-refractivity contribution in [3.05, 3.63) is 45.3 Å². The summed E-state index contributed by atoms with van der Waals surface area (Å²) < 4.78 is 76.2. The second-order valence-corrected chi connectivity index (χ2v) is 10.7. The van der Waals surface area contributed by atoms with Crippen LogP contribution < -0.4 is 14.4 Å². The molecule has 1 unspecified atom stereocenters. The highest BCUT2D eigenvalue weighted by atomic mass is 127. The Labute approximate surface area is 208 Å². The van der Waals surface area contributed by atoms with E-state index >= 15 is 4.39 Å². The van der Waals surface area contributed by atoms with Crippen molar-refractivity contribution in [2.75, 3.05) is 44.6 Å². The normalized spacial score (nSPS) is 16.3. The number of nitrogens with zero attached hydrogens (tertiary/aromatic N) is 1. The lowest BCUT2D eigenvalue weighted by Crippen LogP contribution is -2.36. The Kier molecular flexibility index (Phi) is 8.65. The number of methoxy groups -OCH3 is 3. The highest BCUT2D eigenvalue weighted by Gasteiger charge is 2.56. The van der Waals surface area contributed by atoms with Gasteiger partial charge in [0.05, 0.1) is 36.9 Å². The monoisotopic (exact) mass is 598 g/mol. The van der Waals surface area contributed by atoms with Gasteiger partial charge in [-0.3, -0.25) is 0 Å². The van der Waals surface area contributed by atoms with E-state index in [1.165, 1.54) is 31.2 Å². The van der Waals surface area contributed by atoms with E-state index in [9.17, 15) is 13.3 Å². The SMILES string of the molecule is COC[C@H](CC1([S+]([O-])Nc2c(OC)cc(F)c(F)c2N(C)c2ccc(I)cc2F)CC1)OC. The largest absolute Gasteiger partial charge is 0.593 e. The van der Waals surface area contributed by atoms with E-state index in [0.717, 1.165) is 6.07 Å². The van der Waals surface area contributed by atoms with Crippen LogP contribution in [0.1, 0.15) is 19.3 Å². The number of halogens is 4. The molecule has 1 aliphatic carbocycles. The number of anilines is 3. The van der Waals surface area contributed by atoms with Crippen LogP contribution in [-0.2, 0) is 20.8 Å². The van der Waals surface area contributed by atoms with Gasteiger partial charge in [-0.05, 0) is 40.8 Å². The van der Waals surface area contributed by atoms with Gasteiger partial charge in [0.2, 0.25) is 0 Å². The van der Waals surface area contributed by atoms with E-state index in [4.69, 9.17) is 14.2 Å². The summed E-state index contributed by atoms with van der Waals surface area (Å²) in [5.41, 5.74) is -0.310. The third-order valence-electron chi connectivity index (χ3n) is 5.67. The zero-order valence-electron chi connectivity index (χ0n) is 18.7. The minimum atomic E-state index is -1.69. The summed E-state index contributed by atoms with van der Waals surface area (Å²) in [5, 5.41) is 0. The van der Waals surface area contributed by atoms with Gasteiger partial charge in [0.25, 0.3) is 0 Å². The Morgan fingerprint density at radius 1 is 1.18 bits per heavy atom. The maximum atomic E-state index is 15.1. The summed E-state index contributed by atoms with van der Waals surface area (Å²) in [6.45, 7) is 0.337. The maximum Gasteiger partial charge on any atom is 0.185 e. The first-order valence-corrected chi connectivity index (χ1v) is 12.3. The summed E-state index contributed by atoms with van der Waals surface area (Å²) in [4.78, 5) is 1.17. The van der Waals surface area contributed by atoms with E-state index < -0.39 is 33.6 Å². The van der Waals surface area contributed by atoms with Crippen LogP contribution >= 0.6 is 22.6 Å². The van der Waals surface area contributed by atoms with Gasteiger partial charge < -0.3 is 23.7 Å². The molecule has 11 heteroatoms. The number of benzene rings is 2. The summed E-state index contributed by atoms with van der Waals surface area (Å²) >= 11 is 0.265. The standard InChI is InChI=1S/C22H26F3IN2O4S/c1-28(17-6-5-13(26)9-15(17)23)21-19(25)16(24)10-18(32-4)20(21)27-33(29)22(7-8-22)11-14(31-3)12-30-2/h5-6,9-10,14,27H,7-8,11-12H2,1-4H3/t14-,33?/m0/s1. The van der Waals surface area contributed by atoms with E-state index in [1.54, 1.807) is 20.3 Å². The number of ether oxygens (including phenoxy) is 3. The average Bonchev–Trinajstić information content (AvgIpc) is 3.56. The van der Waals surface area contributed by atoms with Crippen LogP contribution in [0.2, 0.25) is 0 Å². The van der Waals surface area contributed by atoms with Crippen LogP contribution in [0.25, 0.3) is 0 Å². The summed E-state index contributed by atoms with van der Waals surface area (Å²) in [6.07, 6.45) is 1.52. The smallest absolute Gasteiger partial charge is 0.185 e. The van der Waals surface area contributed by atoms with Crippen LogP contribution in [0.3, 0.4) is 0 Å². The fraction of sp³-hybridized carbons (Fsp3) is 0.455. The van der Waals surface area contributed by atoms with E-state index in [-0.39, 0.29) is 28.9 Å². The van der Waals surface area contributed by atoms with E-state index in [0.29, 0.717) is 29.4 Å². The molecule has 0 aliphatic heterocycles. The van der Waals surface area contributed by atoms with Gasteiger partial charge in [0.15, 0.2) is 27.8 Å². The molecule has 2 aromatic rings. The first-order chi connectivity index (χ1) is 15.7. The fourth-order valence-corrected chi connectivity index (χ4v) is 5.52. The van der Waals surface area contributed by atoms with Crippen LogP contribution in [0, 0.1) is 21.0 Å². The van der Waals surface area contributed by atoms with Crippen molar-refractivity contribution in [1.82, 2.24) is 0 Å². The van der Waals surface area contributed by atoms with Crippen molar-refractivity contribution in [1.29, 1.82) is 0 Å². The van der Waals surface area contributed by atoms with Crippen LogP contribution in [0.4, 0.5) is 30.2 Å². The lowest BCUT2D eigenvalue weighted by Gasteiger charge is -2.29. The molecule has 2 aromatic carbocycles. The molecule has 1 N–H and O–H groups in total. The van der Waals surface area contributed by atoms with Gasteiger partial charge in [-0.25, -0.2) is 17.9 Å². The van der Waals surface area contributed by atoms with Gasteiger partial charge in [0, 0.05) is 50.2 Å². The zero-order chi connectivity index (χ0) is 24.3. The third-order valence-corrected chi connectivity index (χ3v) is 8.09. The summed E-state index contributed by atoms with van der Waals surface area (Å²) in [6, 6.07) is 5.27. The molecule has 0 radical (unpaired) electrons. The van der Waals surface area contributed by atoms with E-state index in [2.05, 4.69) is 4.72 Å². The molecule has 2 atom stereocenters. The highest BCUT2D eigenvalue weighted by molar-refractivity contribution is 14.1. The minimum absolute atomic E-state index is 0.0245. The average molecular weight is 598 g/mol. The Morgan fingerprint density at radius 2 is 1.88 bits per heavy atom. The predicted molar refractivity (Wildman–Crippen MR) is 131 cm³/mol. The molecule has 0 amide bonds. The van der Waals surface area contributed by atoms with Gasteiger partial charge in [-0.15, -0.1) is 0 Å². The molecule has 3 rings (SSSR count). The molecule has 6 nitrogen and oxygen atoms in total. The predicted octanol–water partition coefficient (Wildman–Crippen LogP) is 5.14. The van der Waals surface area contributed by atoms with Crippen molar-refractivity contribution < 1.29 is 31.9 Å². The molecule has 0 saturated heterocycles. The lowest BCUT2D eigenvalue weighted by atomic mass is 10.2. The Morgan fingerprint density at radius 3 is 2.42 bits per heavy atom. The van der Waals surface area contributed by atoms with Gasteiger partial charge in [-0.1, -0.05) is 0 Å². The number of hydrogen-bond acceptors (Lipinski definition) is 6. The fourth-order valence-electron chi connectivity index (χ4n) is 3.66. The highest BCUT2D eigenvalue weighted by Crippen LogP contribution is 2.50. The van der Waals surface area contributed by atoms with Crippen molar-refractivity contribution in [2.45, 2.75) is 30.1 Å². The first-order valence-electron chi connectivity index (χ1n) is 10.1. The van der Waals surface area contributed by atoms with Crippen LogP contribution in [0.15, 0.2) is 24.3 Å². The molecule has 1 fully saturated rings. The van der Waals surface area contributed by atoms with E-state index in [1.807, 2.05) is 22.6 Å². The van der Waals surface area contributed by atoms with Crippen molar-refractivity contribution in [3.8, 4) is 5.75 Å². The topological polar surface area (TPSA) is 66.0 Å². The number of rotatable bonds is 11. The van der Waals surface area contributed by atoms with Gasteiger partial charge in [-0.2, -0.15) is 0 Å². The van der Waals surface area contributed by atoms with Gasteiger partial charge in [0.1, 0.15) is 11.5 Å². The van der Waals surface area contributed by atoms with Crippen molar-refractivity contribution >= 4 is 51.0 Å². The molecule has 182 valence electrons. The van der Waals surface area contributed by atoms with Crippen molar-refractivity contribution in [2.24, 2.45) is 0 Å². The molecule has 1 saturated carbocycles. The Balaban J connectivity index is 2.00. The molecule has 1 aliphatic rings. The van der Waals surface area contributed by atoms with Gasteiger partial charge >= 0.3 is 0 Å². The van der Waals surface area contributed by atoms with Crippen LogP contribution in [0.5, 0.6) is 5.75 Å². The molecule has 0 heterocycles. The Hall–Kier alpha value is -1.41. The molecular weight excluding hydrogens is 572 g/mol. The number of nitrogens with one attached hydrogen (secondary N) is 1. The summed E-state index contributed by atoms with van der Waals surface area (Å²) in [5.74, 6) is -3.04. The molecule has 33 heavy (non-hydrogen) atoms. The Bertz CT molecular complexity index is 997. The second-order valence-electron chi connectivity index (χ2n) is 7.82. The first kappa shape index (κ1) is 26.2. The third kappa shape index (κ3) is 5.64. The summed E-state index contributed by atoms with van der Waals surface area (Å²) in [7, 11) is 5.81. The second kappa shape index (κ2) is 10.9. The molecule has 0 spiro atoms. The zero-order valence-corrected chi connectivity index (χ0v) is 21.7. The minimum Gasteiger partial charge on any atom is -0.593 e. The van der Waals surface area contributed by atoms with Crippen molar-refractivity contribution in [3.63, 3.8) is 0 Å². The quantitative estimate of drug-likeness (QED) is 0.286. The number of hydrogen-bond donors (Lipinski definition) is 1. The molecular formula is C22H26F3IN2O4S. The van der Waals surface area contributed by atoms with Crippen LogP contribution in [-0.4, -0.2) is 50.4 Å². The lowest BCUT2D eigenvalue weighted by molar-refractivity contribution is 0.0218. The molecule has 0 aromatic heterocycles. The maximum absolute atomic E-state index is 15.1. The molecule has 0 bridgehead atoms.